The molecular weight excluding hydrogens is 534 g/mol. The molecule has 3 aromatic carbocycles. The summed E-state index contributed by atoms with van der Waals surface area (Å²) in [5, 5.41) is 1.03. The van der Waals surface area contributed by atoms with Gasteiger partial charge in [-0.1, -0.05) is 6.07 Å². The van der Waals surface area contributed by atoms with Crippen LogP contribution in [0.3, 0.4) is 0 Å². The van der Waals surface area contributed by atoms with Crippen LogP contribution in [0.1, 0.15) is 11.1 Å². The molecule has 5 N–H and O–H groups in total. The van der Waals surface area contributed by atoms with E-state index < -0.39 is 25.6 Å². The molecule has 3 aromatic rings. The molecule has 204 valence electrons. The summed E-state index contributed by atoms with van der Waals surface area (Å²) < 4.78 is 75.4. The second-order valence-corrected chi connectivity index (χ2v) is 11.5. The third kappa shape index (κ3) is 6.61. The van der Waals surface area contributed by atoms with Gasteiger partial charge in [-0.05, 0) is 42.0 Å². The molecule has 0 heterocycles. The van der Waals surface area contributed by atoms with E-state index in [-0.39, 0.29) is 22.0 Å². The molecule has 0 atom stereocenters. The Hall–Kier alpha value is -4.10. The van der Waals surface area contributed by atoms with Crippen molar-refractivity contribution in [1.82, 2.24) is 0 Å². The Morgan fingerprint density at radius 1 is 0.789 bits per heavy atom. The minimum absolute atomic E-state index is 0.0373. The zero-order valence-electron chi connectivity index (χ0n) is 21.2. The van der Waals surface area contributed by atoms with Gasteiger partial charge in [-0.25, -0.2) is 16.8 Å². The number of sulfonamides is 1. The minimum Gasteiger partial charge on any atom is -0.496 e. The van der Waals surface area contributed by atoms with E-state index in [0.29, 0.717) is 34.1 Å². The van der Waals surface area contributed by atoms with Gasteiger partial charge in [0.1, 0.15) is 27.9 Å². The number of hydrogen-bond donors (Lipinski definition) is 3. The Bertz CT molecular complexity index is 1540. The highest BCUT2D eigenvalue weighted by Gasteiger charge is 2.21. The Labute approximate surface area is 221 Å². The lowest BCUT2D eigenvalue weighted by Crippen LogP contribution is -2.16. The van der Waals surface area contributed by atoms with Gasteiger partial charge in [0.05, 0.1) is 51.1 Å². The van der Waals surface area contributed by atoms with E-state index >= 15 is 0 Å². The van der Waals surface area contributed by atoms with Crippen molar-refractivity contribution >= 4 is 43.0 Å². The van der Waals surface area contributed by atoms with E-state index in [2.05, 4.69) is 4.72 Å². The molecule has 0 saturated heterocycles. The average Bonchev–Trinajstić information content (AvgIpc) is 2.86. The maximum atomic E-state index is 13.0. The SMILES string of the molecule is COc1cc(OC)c(C=CS(=O)(=O)Cc2ccc(OC)c(NS(=O)(=O)c3ccc(N)cc3N)c2)c(OC)c1. The normalized spacial score (nSPS) is 11.8. The van der Waals surface area contributed by atoms with Gasteiger partial charge in [-0.15, -0.1) is 0 Å². The zero-order chi connectivity index (χ0) is 28.1. The van der Waals surface area contributed by atoms with Crippen molar-refractivity contribution in [2.75, 3.05) is 44.6 Å². The molecule has 0 aromatic heterocycles. The van der Waals surface area contributed by atoms with Gasteiger partial charge in [0.15, 0.2) is 9.84 Å². The predicted octanol–water partition coefficient (Wildman–Crippen LogP) is 3.27. The molecule has 13 heteroatoms. The van der Waals surface area contributed by atoms with Crippen LogP contribution < -0.4 is 35.1 Å². The molecule has 0 spiro atoms. The summed E-state index contributed by atoms with van der Waals surface area (Å²) in [5.74, 6) is 0.957. The fraction of sp³-hybridized carbons (Fsp3) is 0.200. The van der Waals surface area contributed by atoms with Gasteiger partial charge < -0.3 is 30.4 Å². The molecule has 0 aliphatic rings. The molecule has 0 fully saturated rings. The largest absolute Gasteiger partial charge is 0.496 e. The number of methoxy groups -OCH3 is 4. The third-order valence-corrected chi connectivity index (χ3v) is 8.12. The highest BCUT2D eigenvalue weighted by Crippen LogP contribution is 2.35. The first kappa shape index (κ1) is 28.5. The fourth-order valence-electron chi connectivity index (χ4n) is 3.59. The molecule has 0 aliphatic carbocycles. The van der Waals surface area contributed by atoms with Gasteiger partial charge in [0.25, 0.3) is 10.0 Å². The number of ether oxygens (including phenoxy) is 4. The molecule has 38 heavy (non-hydrogen) atoms. The molecule has 0 saturated carbocycles. The maximum absolute atomic E-state index is 13.0. The quantitative estimate of drug-likeness (QED) is 0.294. The molecule has 0 unspecified atom stereocenters. The van der Waals surface area contributed by atoms with Gasteiger partial charge in [0.2, 0.25) is 0 Å². The van der Waals surface area contributed by atoms with Gasteiger partial charge in [-0.3, -0.25) is 4.72 Å². The molecule has 11 nitrogen and oxygen atoms in total. The monoisotopic (exact) mass is 563 g/mol. The van der Waals surface area contributed by atoms with Crippen LogP contribution in [0.25, 0.3) is 6.08 Å². The first-order chi connectivity index (χ1) is 17.9. The number of nitrogens with one attached hydrogen (secondary N) is 1. The van der Waals surface area contributed by atoms with Crippen molar-refractivity contribution in [3.05, 3.63) is 65.1 Å². The van der Waals surface area contributed by atoms with E-state index in [0.717, 1.165) is 5.41 Å². The number of nitrogen functional groups attached to an aromatic ring is 2. The Morgan fingerprint density at radius 3 is 1.97 bits per heavy atom. The van der Waals surface area contributed by atoms with E-state index in [9.17, 15) is 16.8 Å². The summed E-state index contributed by atoms with van der Waals surface area (Å²) in [6, 6.07) is 11.6. The van der Waals surface area contributed by atoms with Crippen molar-refractivity contribution in [2.45, 2.75) is 10.6 Å². The van der Waals surface area contributed by atoms with Crippen LogP contribution in [0.5, 0.6) is 23.0 Å². The average molecular weight is 564 g/mol. The van der Waals surface area contributed by atoms with Gasteiger partial charge in [0, 0.05) is 23.2 Å². The minimum atomic E-state index is -4.13. The number of benzene rings is 3. The summed E-state index contributed by atoms with van der Waals surface area (Å²) >= 11 is 0. The molecule has 3 rings (SSSR count). The van der Waals surface area contributed by atoms with Crippen LogP contribution in [0.15, 0.2) is 58.8 Å². The van der Waals surface area contributed by atoms with Crippen molar-refractivity contribution in [1.29, 1.82) is 0 Å². The smallest absolute Gasteiger partial charge is 0.264 e. The molecule has 0 aliphatic heterocycles. The topological polar surface area (TPSA) is 169 Å². The van der Waals surface area contributed by atoms with Crippen LogP contribution in [0.4, 0.5) is 17.1 Å². The van der Waals surface area contributed by atoms with E-state index in [4.69, 9.17) is 30.4 Å². The lowest BCUT2D eigenvalue weighted by molar-refractivity contribution is 0.374. The lowest BCUT2D eigenvalue weighted by Gasteiger charge is -2.15. The number of sulfone groups is 1. The van der Waals surface area contributed by atoms with Crippen LogP contribution >= 0.6 is 0 Å². The number of rotatable bonds is 11. The van der Waals surface area contributed by atoms with E-state index in [1.807, 2.05) is 0 Å². The van der Waals surface area contributed by atoms with Crippen molar-refractivity contribution in [2.24, 2.45) is 0 Å². The second-order valence-electron chi connectivity index (χ2n) is 7.99. The van der Waals surface area contributed by atoms with Crippen molar-refractivity contribution in [3.8, 4) is 23.0 Å². The van der Waals surface area contributed by atoms with Crippen LogP contribution in [0.2, 0.25) is 0 Å². The molecular formula is C25H29N3O8S2. The highest BCUT2D eigenvalue weighted by molar-refractivity contribution is 7.93. The maximum Gasteiger partial charge on any atom is 0.264 e. The summed E-state index contributed by atoms with van der Waals surface area (Å²) in [7, 11) is -2.22. The van der Waals surface area contributed by atoms with Crippen LogP contribution in [-0.4, -0.2) is 45.3 Å². The fourth-order valence-corrected chi connectivity index (χ4v) is 5.84. The van der Waals surface area contributed by atoms with E-state index in [1.165, 1.54) is 70.9 Å². The molecule has 0 amide bonds. The van der Waals surface area contributed by atoms with Gasteiger partial charge in [-0.2, -0.15) is 0 Å². The first-order valence-electron chi connectivity index (χ1n) is 11.0. The van der Waals surface area contributed by atoms with Crippen LogP contribution in [-0.2, 0) is 25.6 Å². The first-order valence-corrected chi connectivity index (χ1v) is 14.2. The van der Waals surface area contributed by atoms with Gasteiger partial charge >= 0.3 is 0 Å². The molecule has 0 bridgehead atoms. The molecule has 0 radical (unpaired) electrons. The predicted molar refractivity (Wildman–Crippen MR) is 147 cm³/mol. The third-order valence-electron chi connectivity index (χ3n) is 5.39. The summed E-state index contributed by atoms with van der Waals surface area (Å²) in [6.07, 6.45) is 1.36. The standard InChI is InChI=1S/C25H29N3O8S2/c1-33-18-13-23(35-3)19(24(14-18)36-4)9-10-37(29,30)15-16-5-7-22(34-2)21(11-16)28-38(31,32)25-8-6-17(26)12-20(25)27/h5-14,28H,15,26-27H2,1-4H3. The van der Waals surface area contributed by atoms with Crippen LogP contribution in [0, 0.1) is 0 Å². The number of hydrogen-bond acceptors (Lipinski definition) is 10. The summed E-state index contributed by atoms with van der Waals surface area (Å²) in [5.41, 5.74) is 12.5. The second kappa shape index (κ2) is 11.5. The Kier molecular flexibility index (Phi) is 8.63. The summed E-state index contributed by atoms with van der Waals surface area (Å²) in [6.45, 7) is 0. The number of anilines is 3. The Balaban J connectivity index is 1.91. The summed E-state index contributed by atoms with van der Waals surface area (Å²) in [4.78, 5) is -0.183. The highest BCUT2D eigenvalue weighted by atomic mass is 32.2. The van der Waals surface area contributed by atoms with E-state index in [1.54, 1.807) is 12.1 Å². The van der Waals surface area contributed by atoms with Crippen molar-refractivity contribution < 1.29 is 35.8 Å². The number of nitrogens with two attached hydrogens (primary N) is 2. The van der Waals surface area contributed by atoms with Crippen molar-refractivity contribution in [3.63, 3.8) is 0 Å². The Morgan fingerprint density at radius 2 is 1.42 bits per heavy atom. The lowest BCUT2D eigenvalue weighted by atomic mass is 10.1. The zero-order valence-corrected chi connectivity index (χ0v) is 22.9.